The summed E-state index contributed by atoms with van der Waals surface area (Å²) in [5, 5.41) is 0. The fourth-order valence-electron chi connectivity index (χ4n) is 3.97. The predicted octanol–water partition coefficient (Wildman–Crippen LogP) is 4.12. The van der Waals surface area contributed by atoms with E-state index >= 15 is 0 Å². The third-order valence-electron chi connectivity index (χ3n) is 5.45. The first-order chi connectivity index (χ1) is 11.9. The maximum absolute atomic E-state index is 12.1. The molecule has 0 aromatic rings. The molecule has 1 saturated carbocycles. The van der Waals surface area contributed by atoms with E-state index in [4.69, 9.17) is 14.2 Å². The highest BCUT2D eigenvalue weighted by atomic mass is 16.7. The van der Waals surface area contributed by atoms with E-state index < -0.39 is 5.60 Å². The smallest absolute Gasteiger partial charge is 0.410 e. The summed E-state index contributed by atoms with van der Waals surface area (Å²) in [5.41, 5.74) is -0.418. The molecule has 2 saturated heterocycles. The molecule has 2 heterocycles. The molecule has 0 bridgehead atoms. The molecular weight excluding hydrogens is 318 g/mol. The third-order valence-corrected chi connectivity index (χ3v) is 5.45. The molecule has 0 aromatic heterocycles. The second-order valence-electron chi connectivity index (χ2n) is 8.63. The summed E-state index contributed by atoms with van der Waals surface area (Å²) in [6.07, 6.45) is 11.0. The molecule has 0 radical (unpaired) electrons. The largest absolute Gasteiger partial charge is 0.444 e. The van der Waals surface area contributed by atoms with Crippen LogP contribution in [0.15, 0.2) is 12.2 Å². The molecule has 2 aliphatic heterocycles. The van der Waals surface area contributed by atoms with Crippen LogP contribution in [-0.2, 0) is 14.2 Å². The van der Waals surface area contributed by atoms with E-state index in [9.17, 15) is 4.79 Å². The average molecular weight is 351 g/mol. The Morgan fingerprint density at radius 2 is 1.52 bits per heavy atom. The van der Waals surface area contributed by atoms with Crippen molar-refractivity contribution in [3.05, 3.63) is 12.2 Å². The first-order valence-electron chi connectivity index (χ1n) is 9.79. The number of hydrogen-bond acceptors (Lipinski definition) is 4. The van der Waals surface area contributed by atoms with Crippen LogP contribution in [0.5, 0.6) is 0 Å². The Hall–Kier alpha value is -1.07. The number of carbonyl (C=O) groups excluding carboxylic acids is 1. The van der Waals surface area contributed by atoms with Crippen LogP contribution in [-0.4, -0.2) is 48.7 Å². The molecule has 0 atom stereocenters. The highest BCUT2D eigenvalue weighted by Crippen LogP contribution is 2.39. The zero-order chi connectivity index (χ0) is 17.9. The van der Waals surface area contributed by atoms with Crippen molar-refractivity contribution < 1.29 is 19.0 Å². The van der Waals surface area contributed by atoms with Crippen molar-refractivity contribution >= 4 is 6.09 Å². The van der Waals surface area contributed by atoms with E-state index in [1.54, 1.807) is 0 Å². The van der Waals surface area contributed by atoms with Crippen molar-refractivity contribution in [2.45, 2.75) is 70.7 Å². The standard InChI is InChI=1S/C20H33NO4/c1-19(2,3)25-18(22)21-12-8-17(9-13-21)5-4-16-6-10-20(11-7-16)23-14-15-24-20/h4-5,16-17H,6-15H2,1-3H3. The van der Waals surface area contributed by atoms with E-state index in [-0.39, 0.29) is 11.9 Å². The Morgan fingerprint density at radius 1 is 1.00 bits per heavy atom. The molecule has 5 heteroatoms. The number of rotatable bonds is 2. The maximum Gasteiger partial charge on any atom is 0.410 e. The van der Waals surface area contributed by atoms with Crippen LogP contribution >= 0.6 is 0 Å². The summed E-state index contributed by atoms with van der Waals surface area (Å²) in [4.78, 5) is 14.0. The van der Waals surface area contributed by atoms with Crippen molar-refractivity contribution in [1.29, 1.82) is 0 Å². The lowest BCUT2D eigenvalue weighted by molar-refractivity contribution is -0.180. The second-order valence-corrected chi connectivity index (χ2v) is 8.63. The minimum atomic E-state index is -0.418. The fourth-order valence-corrected chi connectivity index (χ4v) is 3.97. The summed E-state index contributed by atoms with van der Waals surface area (Å²) in [5.74, 6) is 0.958. The van der Waals surface area contributed by atoms with Gasteiger partial charge < -0.3 is 19.1 Å². The first-order valence-corrected chi connectivity index (χ1v) is 9.79. The molecule has 3 fully saturated rings. The number of likely N-dealkylation sites (tertiary alicyclic amines) is 1. The summed E-state index contributed by atoms with van der Waals surface area (Å²) >= 11 is 0. The van der Waals surface area contributed by atoms with Gasteiger partial charge in [-0.3, -0.25) is 0 Å². The van der Waals surface area contributed by atoms with Gasteiger partial charge in [0.05, 0.1) is 13.2 Å². The van der Waals surface area contributed by atoms with Crippen molar-refractivity contribution in [2.24, 2.45) is 11.8 Å². The maximum atomic E-state index is 12.1. The minimum absolute atomic E-state index is 0.177. The topological polar surface area (TPSA) is 48.0 Å². The van der Waals surface area contributed by atoms with Gasteiger partial charge in [0, 0.05) is 25.9 Å². The van der Waals surface area contributed by atoms with Gasteiger partial charge in [0.15, 0.2) is 5.79 Å². The molecule has 1 aliphatic carbocycles. The van der Waals surface area contributed by atoms with Gasteiger partial charge in [-0.2, -0.15) is 0 Å². The SMILES string of the molecule is CC(C)(C)OC(=O)N1CCC(C=CC2CCC3(CC2)OCCO3)CC1. The molecule has 25 heavy (non-hydrogen) atoms. The zero-order valence-electron chi connectivity index (χ0n) is 16.0. The molecule has 3 aliphatic rings. The number of carbonyl (C=O) groups is 1. The van der Waals surface area contributed by atoms with Crippen molar-refractivity contribution in [3.63, 3.8) is 0 Å². The zero-order valence-corrected chi connectivity index (χ0v) is 16.0. The summed E-state index contributed by atoms with van der Waals surface area (Å²) in [6.45, 7) is 8.81. The minimum Gasteiger partial charge on any atom is -0.444 e. The number of amides is 1. The van der Waals surface area contributed by atoms with Crippen LogP contribution in [0, 0.1) is 11.8 Å². The molecule has 3 rings (SSSR count). The van der Waals surface area contributed by atoms with E-state index in [1.165, 1.54) is 0 Å². The Labute approximate surface area is 151 Å². The number of ether oxygens (including phenoxy) is 3. The normalized spacial score (nSPS) is 25.8. The van der Waals surface area contributed by atoms with Gasteiger partial charge in [-0.05, 0) is 58.3 Å². The van der Waals surface area contributed by atoms with Gasteiger partial charge in [0.25, 0.3) is 0 Å². The van der Waals surface area contributed by atoms with Crippen LogP contribution in [0.1, 0.15) is 59.3 Å². The van der Waals surface area contributed by atoms with Crippen LogP contribution in [0.4, 0.5) is 4.79 Å². The van der Waals surface area contributed by atoms with Crippen LogP contribution in [0.3, 0.4) is 0 Å². The molecule has 142 valence electrons. The Bertz CT molecular complexity index is 472. The van der Waals surface area contributed by atoms with Crippen molar-refractivity contribution in [2.75, 3.05) is 26.3 Å². The van der Waals surface area contributed by atoms with Gasteiger partial charge in [0.2, 0.25) is 0 Å². The number of nitrogens with zero attached hydrogens (tertiary/aromatic N) is 1. The van der Waals surface area contributed by atoms with Crippen LogP contribution in [0.2, 0.25) is 0 Å². The van der Waals surface area contributed by atoms with E-state index in [0.717, 1.165) is 64.8 Å². The molecular formula is C20H33NO4. The van der Waals surface area contributed by atoms with Crippen LogP contribution < -0.4 is 0 Å². The fraction of sp³-hybridized carbons (Fsp3) is 0.850. The third kappa shape index (κ3) is 5.20. The van der Waals surface area contributed by atoms with Gasteiger partial charge in [-0.1, -0.05) is 12.2 Å². The van der Waals surface area contributed by atoms with Crippen LogP contribution in [0.25, 0.3) is 0 Å². The molecule has 0 N–H and O–H groups in total. The lowest BCUT2D eigenvalue weighted by atomic mass is 9.84. The van der Waals surface area contributed by atoms with Gasteiger partial charge >= 0.3 is 6.09 Å². The van der Waals surface area contributed by atoms with Gasteiger partial charge in [0.1, 0.15) is 5.60 Å². The first kappa shape index (κ1) is 18.7. The lowest BCUT2D eigenvalue weighted by Crippen LogP contribution is -2.41. The molecule has 1 spiro atoms. The highest BCUT2D eigenvalue weighted by molar-refractivity contribution is 5.68. The Morgan fingerprint density at radius 3 is 2.04 bits per heavy atom. The van der Waals surface area contributed by atoms with E-state index in [2.05, 4.69) is 12.2 Å². The molecule has 0 unspecified atom stereocenters. The van der Waals surface area contributed by atoms with E-state index in [0.29, 0.717) is 11.8 Å². The monoisotopic (exact) mass is 351 g/mol. The molecule has 0 aromatic carbocycles. The predicted molar refractivity (Wildman–Crippen MR) is 96.3 cm³/mol. The van der Waals surface area contributed by atoms with E-state index in [1.807, 2.05) is 25.7 Å². The Balaban J connectivity index is 1.39. The number of allylic oxidation sites excluding steroid dienone is 2. The van der Waals surface area contributed by atoms with Crippen molar-refractivity contribution in [1.82, 2.24) is 4.90 Å². The molecule has 1 amide bonds. The van der Waals surface area contributed by atoms with Gasteiger partial charge in [-0.15, -0.1) is 0 Å². The number of piperidine rings is 1. The summed E-state index contributed by atoms with van der Waals surface area (Å²) in [6, 6.07) is 0. The quantitative estimate of drug-likeness (QED) is 0.702. The van der Waals surface area contributed by atoms with Gasteiger partial charge in [-0.25, -0.2) is 4.79 Å². The second kappa shape index (κ2) is 7.67. The summed E-state index contributed by atoms with van der Waals surface area (Å²) in [7, 11) is 0. The average Bonchev–Trinajstić information content (AvgIpc) is 3.02. The highest BCUT2D eigenvalue weighted by Gasteiger charge is 2.39. The Kier molecular flexibility index (Phi) is 5.74. The van der Waals surface area contributed by atoms with Crippen molar-refractivity contribution in [3.8, 4) is 0 Å². The number of hydrogen-bond donors (Lipinski definition) is 0. The molecule has 5 nitrogen and oxygen atoms in total. The lowest BCUT2D eigenvalue weighted by Gasteiger charge is -2.35. The summed E-state index contributed by atoms with van der Waals surface area (Å²) < 4.78 is 17.1.